The van der Waals surface area contributed by atoms with Crippen LogP contribution in [0.3, 0.4) is 0 Å². The lowest BCUT2D eigenvalue weighted by Gasteiger charge is -2.26. The first-order valence-corrected chi connectivity index (χ1v) is 8.75. The van der Waals surface area contributed by atoms with E-state index in [-0.39, 0.29) is 5.91 Å². The van der Waals surface area contributed by atoms with Crippen molar-refractivity contribution in [2.75, 3.05) is 18.8 Å². The summed E-state index contributed by atoms with van der Waals surface area (Å²) in [6, 6.07) is 8.06. The Morgan fingerprint density at radius 3 is 2.82 bits per heavy atom. The number of hydrogen-bond acceptors (Lipinski definition) is 3. The van der Waals surface area contributed by atoms with Gasteiger partial charge in [-0.3, -0.25) is 4.79 Å². The van der Waals surface area contributed by atoms with E-state index in [0.29, 0.717) is 12.3 Å². The Labute approximate surface area is 135 Å². The Morgan fingerprint density at radius 1 is 1.27 bits per heavy atom. The molecule has 1 fully saturated rings. The highest BCUT2D eigenvalue weighted by Gasteiger charge is 2.18. The number of allylic oxidation sites excluding steroid dienone is 1. The van der Waals surface area contributed by atoms with Gasteiger partial charge in [-0.15, -0.1) is 6.58 Å². The molecular weight excluding hydrogens is 294 g/mol. The van der Waals surface area contributed by atoms with Gasteiger partial charge in [0.05, 0.1) is 16.8 Å². The number of carbonyl (C=O) groups excluding carboxylic acids is 1. The van der Waals surface area contributed by atoms with Gasteiger partial charge >= 0.3 is 0 Å². The van der Waals surface area contributed by atoms with Crippen LogP contribution in [-0.4, -0.2) is 39.2 Å². The van der Waals surface area contributed by atoms with E-state index in [1.165, 1.54) is 18.2 Å². The van der Waals surface area contributed by atoms with Crippen molar-refractivity contribution in [3.63, 3.8) is 0 Å². The fraction of sp³-hybridized carbons (Fsp3) is 0.412. The molecule has 0 aliphatic carbocycles. The van der Waals surface area contributed by atoms with Crippen LogP contribution in [-0.2, 0) is 11.3 Å². The predicted octanol–water partition coefficient (Wildman–Crippen LogP) is 3.33. The highest BCUT2D eigenvalue weighted by molar-refractivity contribution is 7.99. The molecule has 0 saturated carbocycles. The van der Waals surface area contributed by atoms with Crippen molar-refractivity contribution in [2.24, 2.45) is 0 Å². The van der Waals surface area contributed by atoms with E-state index in [0.717, 1.165) is 42.1 Å². The molecule has 1 saturated heterocycles. The fourth-order valence-electron chi connectivity index (χ4n) is 2.83. The molecule has 3 rings (SSSR count). The van der Waals surface area contributed by atoms with Crippen molar-refractivity contribution >= 4 is 28.7 Å². The summed E-state index contributed by atoms with van der Waals surface area (Å²) in [6.07, 6.45) is 5.37. The van der Waals surface area contributed by atoms with Crippen LogP contribution in [0.1, 0.15) is 19.3 Å². The van der Waals surface area contributed by atoms with E-state index in [2.05, 4.69) is 22.2 Å². The third-order valence-corrected chi connectivity index (χ3v) is 4.93. The topological polar surface area (TPSA) is 38.1 Å². The molecule has 116 valence electrons. The monoisotopic (exact) mass is 315 g/mol. The van der Waals surface area contributed by atoms with Gasteiger partial charge in [0.1, 0.15) is 0 Å². The number of thioether (sulfide) groups is 1. The summed E-state index contributed by atoms with van der Waals surface area (Å²) < 4.78 is 2.12. The second-order valence-corrected chi connectivity index (χ2v) is 6.45. The normalized spacial score (nSPS) is 15.2. The number of nitrogens with zero attached hydrogens (tertiary/aromatic N) is 3. The number of para-hydroxylation sites is 2. The van der Waals surface area contributed by atoms with Crippen LogP contribution in [0.2, 0.25) is 0 Å². The molecule has 0 radical (unpaired) electrons. The van der Waals surface area contributed by atoms with Gasteiger partial charge in [-0.05, 0) is 31.4 Å². The lowest BCUT2D eigenvalue weighted by Crippen LogP contribution is -2.36. The Balaban J connectivity index is 1.74. The second kappa shape index (κ2) is 7.01. The Hall–Kier alpha value is -1.75. The molecule has 1 aromatic carbocycles. The average Bonchev–Trinajstić information content (AvgIpc) is 2.92. The molecule has 2 aromatic rings. The first kappa shape index (κ1) is 15.2. The summed E-state index contributed by atoms with van der Waals surface area (Å²) in [4.78, 5) is 18.9. The Bertz CT molecular complexity index is 674. The summed E-state index contributed by atoms with van der Waals surface area (Å²) in [5, 5.41) is 0.895. The SMILES string of the molecule is C=CCn1c(SCC(=O)N2CCCCC2)nc2ccccc21. The van der Waals surface area contributed by atoms with E-state index in [1.807, 2.05) is 29.2 Å². The number of rotatable bonds is 5. The number of carbonyl (C=O) groups is 1. The molecule has 1 aromatic heterocycles. The third kappa shape index (κ3) is 3.19. The lowest BCUT2D eigenvalue weighted by atomic mass is 10.1. The van der Waals surface area contributed by atoms with Crippen LogP contribution in [0.4, 0.5) is 0 Å². The van der Waals surface area contributed by atoms with Crippen LogP contribution in [0.5, 0.6) is 0 Å². The molecule has 0 spiro atoms. The molecule has 1 aliphatic rings. The molecule has 2 heterocycles. The molecule has 22 heavy (non-hydrogen) atoms. The molecule has 0 unspecified atom stereocenters. The number of piperidine rings is 1. The summed E-state index contributed by atoms with van der Waals surface area (Å²) in [5.41, 5.74) is 2.06. The largest absolute Gasteiger partial charge is 0.342 e. The van der Waals surface area contributed by atoms with Crippen molar-refractivity contribution in [2.45, 2.75) is 31.0 Å². The number of benzene rings is 1. The Kier molecular flexibility index (Phi) is 4.83. The van der Waals surface area contributed by atoms with Crippen molar-refractivity contribution < 1.29 is 4.79 Å². The maximum absolute atomic E-state index is 12.3. The summed E-state index contributed by atoms with van der Waals surface area (Å²) >= 11 is 1.53. The first-order valence-electron chi connectivity index (χ1n) is 7.76. The highest BCUT2D eigenvalue weighted by atomic mass is 32.2. The van der Waals surface area contributed by atoms with Crippen LogP contribution < -0.4 is 0 Å². The maximum Gasteiger partial charge on any atom is 0.233 e. The summed E-state index contributed by atoms with van der Waals surface area (Å²) in [6.45, 7) is 6.34. The van der Waals surface area contributed by atoms with Gasteiger partial charge in [0.2, 0.25) is 5.91 Å². The predicted molar refractivity (Wildman–Crippen MR) is 91.1 cm³/mol. The van der Waals surface area contributed by atoms with Crippen LogP contribution in [0, 0.1) is 0 Å². The van der Waals surface area contributed by atoms with Crippen LogP contribution in [0.25, 0.3) is 11.0 Å². The quantitative estimate of drug-likeness (QED) is 0.627. The minimum Gasteiger partial charge on any atom is -0.342 e. The lowest BCUT2D eigenvalue weighted by molar-refractivity contribution is -0.129. The minimum atomic E-state index is 0.224. The molecule has 1 amide bonds. The molecule has 0 atom stereocenters. The smallest absolute Gasteiger partial charge is 0.233 e. The van der Waals surface area contributed by atoms with Crippen LogP contribution >= 0.6 is 11.8 Å². The molecule has 0 N–H and O–H groups in total. The van der Waals surface area contributed by atoms with Gasteiger partial charge in [-0.1, -0.05) is 30.0 Å². The highest BCUT2D eigenvalue weighted by Crippen LogP contribution is 2.24. The number of amides is 1. The van der Waals surface area contributed by atoms with Gasteiger partial charge in [0, 0.05) is 19.6 Å². The zero-order valence-corrected chi connectivity index (χ0v) is 13.5. The van der Waals surface area contributed by atoms with E-state index in [1.54, 1.807) is 0 Å². The fourth-order valence-corrected chi connectivity index (χ4v) is 3.76. The average molecular weight is 315 g/mol. The minimum absolute atomic E-state index is 0.224. The van der Waals surface area contributed by atoms with Crippen molar-refractivity contribution in [1.29, 1.82) is 0 Å². The van der Waals surface area contributed by atoms with Gasteiger partial charge in [0.25, 0.3) is 0 Å². The standard InChI is InChI=1S/C17H21N3OS/c1-2-10-20-15-9-5-4-8-14(15)18-17(20)22-13-16(21)19-11-6-3-7-12-19/h2,4-5,8-9H,1,3,6-7,10-13H2. The van der Waals surface area contributed by atoms with Crippen molar-refractivity contribution in [3.05, 3.63) is 36.9 Å². The van der Waals surface area contributed by atoms with E-state index in [4.69, 9.17) is 0 Å². The van der Waals surface area contributed by atoms with E-state index in [9.17, 15) is 4.79 Å². The number of fused-ring (bicyclic) bond motifs is 1. The number of imidazole rings is 1. The number of likely N-dealkylation sites (tertiary alicyclic amines) is 1. The molecule has 4 nitrogen and oxygen atoms in total. The third-order valence-electron chi connectivity index (χ3n) is 3.96. The van der Waals surface area contributed by atoms with Gasteiger partial charge < -0.3 is 9.47 Å². The van der Waals surface area contributed by atoms with Crippen LogP contribution in [0.15, 0.2) is 42.1 Å². The summed E-state index contributed by atoms with van der Waals surface area (Å²) in [5.74, 6) is 0.683. The van der Waals surface area contributed by atoms with Gasteiger partial charge in [-0.25, -0.2) is 4.98 Å². The second-order valence-electron chi connectivity index (χ2n) is 5.51. The molecule has 5 heteroatoms. The zero-order valence-electron chi connectivity index (χ0n) is 12.7. The maximum atomic E-state index is 12.3. The van der Waals surface area contributed by atoms with Crippen molar-refractivity contribution in [1.82, 2.24) is 14.5 Å². The molecule has 0 bridgehead atoms. The number of hydrogen-bond donors (Lipinski definition) is 0. The zero-order chi connectivity index (χ0) is 15.4. The first-order chi connectivity index (χ1) is 10.8. The Morgan fingerprint density at radius 2 is 2.05 bits per heavy atom. The van der Waals surface area contributed by atoms with Gasteiger partial charge in [-0.2, -0.15) is 0 Å². The van der Waals surface area contributed by atoms with Gasteiger partial charge in [0.15, 0.2) is 5.16 Å². The van der Waals surface area contributed by atoms with E-state index >= 15 is 0 Å². The summed E-state index contributed by atoms with van der Waals surface area (Å²) in [7, 11) is 0. The molecular formula is C17H21N3OS. The molecule has 1 aliphatic heterocycles. The van der Waals surface area contributed by atoms with E-state index < -0.39 is 0 Å². The van der Waals surface area contributed by atoms with Crippen molar-refractivity contribution in [3.8, 4) is 0 Å². The number of aromatic nitrogens is 2.